The molecule has 4 aromatic rings. The number of amides is 1. The van der Waals surface area contributed by atoms with Crippen LogP contribution in [-0.2, 0) is 13.5 Å². The summed E-state index contributed by atoms with van der Waals surface area (Å²) in [6.45, 7) is 0. The van der Waals surface area contributed by atoms with Crippen LogP contribution >= 0.6 is 0 Å². The number of hydrogen-bond donors (Lipinski definition) is 0. The normalized spacial score (nSPS) is 18.9. The lowest BCUT2D eigenvalue weighted by atomic mass is 9.81. The van der Waals surface area contributed by atoms with Crippen molar-refractivity contribution in [3.05, 3.63) is 83.1 Å². The third-order valence-corrected chi connectivity index (χ3v) is 6.92. The Balaban J connectivity index is 1.37. The van der Waals surface area contributed by atoms with Gasteiger partial charge in [0.25, 0.3) is 5.91 Å². The van der Waals surface area contributed by atoms with E-state index in [1.807, 2.05) is 0 Å². The molecule has 4 heterocycles. The van der Waals surface area contributed by atoms with E-state index in [0.29, 0.717) is 29.9 Å². The van der Waals surface area contributed by atoms with E-state index < -0.39 is 23.3 Å². The molecule has 2 aliphatic heterocycles. The summed E-state index contributed by atoms with van der Waals surface area (Å²) in [6, 6.07) is 7.18. The summed E-state index contributed by atoms with van der Waals surface area (Å²) in [5.41, 5.74) is 2.57. The summed E-state index contributed by atoms with van der Waals surface area (Å²) in [5, 5.41) is 8.90. The van der Waals surface area contributed by atoms with E-state index >= 15 is 0 Å². The maximum atomic E-state index is 14.0. The Bertz CT molecular complexity index is 1490. The summed E-state index contributed by atoms with van der Waals surface area (Å²) < 4.78 is 58.0. The molecule has 2 bridgehead atoms. The third-order valence-electron chi connectivity index (χ3n) is 6.92. The summed E-state index contributed by atoms with van der Waals surface area (Å²) in [5.74, 6) is -4.87. The first kappa shape index (κ1) is 22.4. The molecule has 184 valence electrons. The fourth-order valence-corrected chi connectivity index (χ4v) is 5.42. The molecule has 0 unspecified atom stereocenters. The Morgan fingerprint density at radius 1 is 1.03 bits per heavy atom. The van der Waals surface area contributed by atoms with Crippen molar-refractivity contribution in [3.63, 3.8) is 0 Å². The molecule has 2 aromatic carbocycles. The number of halogens is 4. The molecule has 2 atom stereocenters. The number of carbonyl (C=O) groups is 1. The first-order chi connectivity index (χ1) is 17.3. The van der Waals surface area contributed by atoms with Gasteiger partial charge in [0.1, 0.15) is 12.1 Å². The predicted octanol–water partition coefficient (Wildman–Crippen LogP) is 4.52. The van der Waals surface area contributed by atoms with Gasteiger partial charge in [0, 0.05) is 24.2 Å². The van der Waals surface area contributed by atoms with Gasteiger partial charge >= 0.3 is 0 Å². The maximum Gasteiger partial charge on any atom is 0.294 e. The second kappa shape index (κ2) is 8.28. The summed E-state index contributed by atoms with van der Waals surface area (Å²) in [6.07, 6.45) is 4.06. The Labute approximate surface area is 203 Å². The Morgan fingerprint density at radius 2 is 1.81 bits per heavy atom. The van der Waals surface area contributed by atoms with Crippen molar-refractivity contribution in [2.24, 2.45) is 7.05 Å². The largest absolute Gasteiger partial charge is 0.324 e. The Morgan fingerprint density at radius 3 is 2.56 bits per heavy atom. The van der Waals surface area contributed by atoms with Crippen molar-refractivity contribution >= 4 is 5.91 Å². The van der Waals surface area contributed by atoms with Gasteiger partial charge in [-0.1, -0.05) is 6.07 Å². The van der Waals surface area contributed by atoms with Crippen LogP contribution in [0, 0.1) is 23.3 Å². The first-order valence-corrected chi connectivity index (χ1v) is 11.5. The summed E-state index contributed by atoms with van der Waals surface area (Å²) >= 11 is 0. The average Bonchev–Trinajstić information content (AvgIpc) is 3.46. The lowest BCUT2D eigenvalue weighted by molar-refractivity contribution is 0.0379. The van der Waals surface area contributed by atoms with Gasteiger partial charge in [0.15, 0.2) is 17.5 Å². The fraction of sp³-hybridized carbons (Fsp3) is 0.280. The third kappa shape index (κ3) is 3.49. The summed E-state index contributed by atoms with van der Waals surface area (Å²) in [4.78, 5) is 19.5. The van der Waals surface area contributed by atoms with Crippen molar-refractivity contribution in [1.29, 1.82) is 0 Å². The molecule has 0 spiro atoms. The second-order valence-electron chi connectivity index (χ2n) is 9.10. The quantitative estimate of drug-likeness (QED) is 0.309. The van der Waals surface area contributed by atoms with Gasteiger partial charge in [-0.05, 0) is 56.0 Å². The van der Waals surface area contributed by atoms with E-state index in [2.05, 4.69) is 15.2 Å². The van der Waals surface area contributed by atoms with Crippen LogP contribution in [0.4, 0.5) is 17.6 Å². The van der Waals surface area contributed by atoms with E-state index in [-0.39, 0.29) is 29.4 Å². The van der Waals surface area contributed by atoms with Gasteiger partial charge < -0.3 is 4.90 Å². The van der Waals surface area contributed by atoms with Crippen LogP contribution in [-0.4, -0.2) is 41.4 Å². The average molecular weight is 496 g/mol. The van der Waals surface area contributed by atoms with Crippen LogP contribution in [0.3, 0.4) is 0 Å². The smallest absolute Gasteiger partial charge is 0.294 e. The highest BCUT2D eigenvalue weighted by atomic mass is 19.2. The van der Waals surface area contributed by atoms with Crippen LogP contribution in [0.1, 0.15) is 47.2 Å². The van der Waals surface area contributed by atoms with Gasteiger partial charge in [-0.3, -0.25) is 9.48 Å². The van der Waals surface area contributed by atoms with Crippen molar-refractivity contribution in [2.45, 2.75) is 37.8 Å². The minimum atomic E-state index is -1.52. The zero-order chi connectivity index (χ0) is 25.1. The van der Waals surface area contributed by atoms with Crippen molar-refractivity contribution in [1.82, 2.24) is 29.4 Å². The SMILES string of the molecule is Cn1nc2c(c1-c1cc(F)c(F)c(F)c1)C[C@@H]1CCC[C@H]2N1C(=O)c1ncn(-c2cccc(F)c2)n1. The van der Waals surface area contributed by atoms with E-state index in [1.54, 1.807) is 24.1 Å². The van der Waals surface area contributed by atoms with E-state index in [1.165, 1.54) is 27.8 Å². The number of hydrogen-bond acceptors (Lipinski definition) is 4. The molecule has 1 amide bonds. The number of benzene rings is 2. The maximum absolute atomic E-state index is 14.0. The topological polar surface area (TPSA) is 68.8 Å². The van der Waals surface area contributed by atoms with Crippen molar-refractivity contribution in [3.8, 4) is 16.9 Å². The first-order valence-electron chi connectivity index (χ1n) is 11.5. The molecule has 6 rings (SSSR count). The van der Waals surface area contributed by atoms with Gasteiger partial charge in [-0.25, -0.2) is 27.2 Å². The highest BCUT2D eigenvalue weighted by molar-refractivity contribution is 5.91. The predicted molar refractivity (Wildman–Crippen MR) is 120 cm³/mol. The number of nitrogens with zero attached hydrogens (tertiary/aromatic N) is 6. The zero-order valence-electron chi connectivity index (χ0n) is 19.1. The van der Waals surface area contributed by atoms with Crippen molar-refractivity contribution < 1.29 is 22.4 Å². The zero-order valence-corrected chi connectivity index (χ0v) is 19.1. The van der Waals surface area contributed by atoms with E-state index in [4.69, 9.17) is 0 Å². The molecular formula is C25H20F4N6O. The van der Waals surface area contributed by atoms with Crippen LogP contribution in [0.2, 0.25) is 0 Å². The number of aryl methyl sites for hydroxylation is 1. The van der Waals surface area contributed by atoms with E-state index in [9.17, 15) is 22.4 Å². The van der Waals surface area contributed by atoms with Crippen LogP contribution < -0.4 is 0 Å². The highest BCUT2D eigenvalue weighted by Gasteiger charge is 2.44. The number of aromatic nitrogens is 5. The molecule has 0 radical (unpaired) electrons. The number of carbonyl (C=O) groups excluding carboxylic acids is 1. The Kier molecular flexibility index (Phi) is 5.16. The molecule has 2 aliphatic rings. The molecule has 0 saturated carbocycles. The number of fused-ring (bicyclic) bond motifs is 4. The minimum Gasteiger partial charge on any atom is -0.324 e. The molecule has 2 aromatic heterocycles. The molecule has 7 nitrogen and oxygen atoms in total. The lowest BCUT2D eigenvalue weighted by Gasteiger charge is -2.44. The molecule has 1 saturated heterocycles. The minimum absolute atomic E-state index is 0.0153. The number of rotatable bonds is 3. The summed E-state index contributed by atoms with van der Waals surface area (Å²) in [7, 11) is 1.66. The molecule has 0 aliphatic carbocycles. The van der Waals surface area contributed by atoms with E-state index in [0.717, 1.165) is 30.5 Å². The highest BCUT2D eigenvalue weighted by Crippen LogP contribution is 2.45. The monoisotopic (exact) mass is 496 g/mol. The Hall–Kier alpha value is -4.02. The second-order valence-corrected chi connectivity index (χ2v) is 9.10. The molecule has 11 heteroatoms. The van der Waals surface area contributed by atoms with Gasteiger partial charge in [-0.15, -0.1) is 5.10 Å². The molecular weight excluding hydrogens is 476 g/mol. The number of piperidine rings is 1. The van der Waals surface area contributed by atoms with Gasteiger partial charge in [-0.2, -0.15) is 5.10 Å². The van der Waals surface area contributed by atoms with Crippen LogP contribution in [0.15, 0.2) is 42.7 Å². The molecule has 0 N–H and O–H groups in total. The molecule has 1 fully saturated rings. The van der Waals surface area contributed by atoms with Crippen LogP contribution in [0.25, 0.3) is 16.9 Å². The van der Waals surface area contributed by atoms with Gasteiger partial charge in [0.2, 0.25) is 5.82 Å². The van der Waals surface area contributed by atoms with Gasteiger partial charge in [0.05, 0.1) is 23.1 Å². The van der Waals surface area contributed by atoms with Crippen molar-refractivity contribution in [2.75, 3.05) is 0 Å². The standard InChI is InChI=1S/C25H20F4N6O/c1-33-23(13-8-18(27)21(29)19(28)9-13)17-11-16-6-3-7-20(22(17)31-33)35(16)25(36)24-30-12-34(32-24)15-5-2-4-14(26)10-15/h2,4-5,8-10,12,16,20H,3,6-7,11H2,1H3/t16-,20+/m0/s1. The fourth-order valence-electron chi connectivity index (χ4n) is 5.42. The molecule has 36 heavy (non-hydrogen) atoms. The lowest BCUT2D eigenvalue weighted by Crippen LogP contribution is -2.50. The van der Waals surface area contributed by atoms with Crippen LogP contribution in [0.5, 0.6) is 0 Å².